The number of hydrogen-bond acceptors (Lipinski definition) is 5. The fraction of sp³-hybridized carbons (Fsp3) is 0.200. The van der Waals surface area contributed by atoms with Crippen molar-refractivity contribution in [3.05, 3.63) is 30.2 Å². The molecule has 0 unspecified atom stereocenters. The predicted octanol–water partition coefficient (Wildman–Crippen LogP) is 1.25. The molecule has 0 fully saturated rings. The molecule has 5 nitrogen and oxygen atoms in total. The van der Waals surface area contributed by atoms with Crippen molar-refractivity contribution in [1.82, 2.24) is 20.2 Å². The Hall–Kier alpha value is -2.04. The van der Waals surface area contributed by atoms with Gasteiger partial charge >= 0.3 is 0 Å². The van der Waals surface area contributed by atoms with E-state index in [2.05, 4.69) is 20.2 Å². The third kappa shape index (κ3) is 1.90. The zero-order valence-electron chi connectivity index (χ0n) is 8.51. The van der Waals surface area contributed by atoms with E-state index in [1.807, 2.05) is 6.92 Å². The number of aromatic nitrogens is 4. The Morgan fingerprint density at radius 3 is 2.53 bits per heavy atom. The topological polar surface area (TPSA) is 60.8 Å². The molecule has 0 N–H and O–H groups in total. The average molecular weight is 202 g/mol. The van der Waals surface area contributed by atoms with Crippen LogP contribution in [-0.4, -0.2) is 27.3 Å². The summed E-state index contributed by atoms with van der Waals surface area (Å²) in [5, 5.41) is 7.83. The summed E-state index contributed by atoms with van der Waals surface area (Å²) in [4.78, 5) is 8.30. The smallest absolute Gasteiger partial charge is 0.233 e. The molecule has 0 saturated heterocycles. The molecule has 0 aromatic carbocycles. The molecule has 0 spiro atoms. The largest absolute Gasteiger partial charge is 0.480 e. The van der Waals surface area contributed by atoms with Gasteiger partial charge in [0.05, 0.1) is 12.8 Å². The Labute approximate surface area is 87.2 Å². The number of nitrogens with zero attached hydrogens (tertiary/aromatic N) is 4. The maximum Gasteiger partial charge on any atom is 0.233 e. The van der Waals surface area contributed by atoms with Crippen LogP contribution in [0.3, 0.4) is 0 Å². The van der Waals surface area contributed by atoms with Gasteiger partial charge in [-0.15, -0.1) is 5.10 Å². The highest BCUT2D eigenvalue weighted by Crippen LogP contribution is 2.20. The van der Waals surface area contributed by atoms with Crippen LogP contribution in [0.5, 0.6) is 5.88 Å². The molecule has 0 atom stereocenters. The highest BCUT2D eigenvalue weighted by atomic mass is 16.5. The lowest BCUT2D eigenvalue weighted by Gasteiger charge is -2.04. The van der Waals surface area contributed by atoms with Crippen molar-refractivity contribution in [2.45, 2.75) is 6.92 Å². The summed E-state index contributed by atoms with van der Waals surface area (Å²) >= 11 is 0. The molecular formula is C10H10N4O. The molecule has 2 aromatic rings. The first-order valence-electron chi connectivity index (χ1n) is 4.47. The second-order valence-corrected chi connectivity index (χ2v) is 2.96. The van der Waals surface area contributed by atoms with Crippen LogP contribution in [0, 0.1) is 6.92 Å². The predicted molar refractivity (Wildman–Crippen MR) is 54.3 cm³/mol. The van der Waals surface area contributed by atoms with Crippen LogP contribution < -0.4 is 4.74 Å². The number of hydrogen-bond donors (Lipinski definition) is 0. The number of ether oxygens (including phenoxy) is 1. The fourth-order valence-electron chi connectivity index (χ4n) is 1.20. The number of aryl methyl sites for hydroxylation is 1. The zero-order valence-corrected chi connectivity index (χ0v) is 8.51. The molecule has 5 heteroatoms. The Kier molecular flexibility index (Phi) is 2.53. The van der Waals surface area contributed by atoms with E-state index in [9.17, 15) is 0 Å². The van der Waals surface area contributed by atoms with E-state index >= 15 is 0 Å². The van der Waals surface area contributed by atoms with Crippen molar-refractivity contribution < 1.29 is 4.74 Å². The fourth-order valence-corrected chi connectivity index (χ4v) is 1.20. The van der Waals surface area contributed by atoms with Gasteiger partial charge < -0.3 is 4.74 Å². The molecule has 0 aliphatic rings. The summed E-state index contributed by atoms with van der Waals surface area (Å²) in [6.07, 6.45) is 3.38. The van der Waals surface area contributed by atoms with E-state index in [1.54, 1.807) is 31.6 Å². The summed E-state index contributed by atoms with van der Waals surface area (Å²) in [6.45, 7) is 1.86. The van der Waals surface area contributed by atoms with E-state index in [-0.39, 0.29) is 0 Å². The Bertz CT molecular complexity index is 458. The molecule has 2 rings (SSSR count). The Morgan fingerprint density at radius 2 is 1.87 bits per heavy atom. The van der Waals surface area contributed by atoms with Crippen molar-refractivity contribution in [3.8, 4) is 17.3 Å². The summed E-state index contributed by atoms with van der Waals surface area (Å²) in [7, 11) is 1.55. The zero-order chi connectivity index (χ0) is 10.7. The van der Waals surface area contributed by atoms with Crippen LogP contribution in [0.4, 0.5) is 0 Å². The minimum absolute atomic E-state index is 0.461. The van der Waals surface area contributed by atoms with Crippen molar-refractivity contribution in [2.24, 2.45) is 0 Å². The number of methoxy groups -OCH3 is 1. The molecule has 0 bridgehead atoms. The van der Waals surface area contributed by atoms with Gasteiger partial charge in [0.1, 0.15) is 0 Å². The van der Waals surface area contributed by atoms with E-state index in [1.165, 1.54) is 0 Å². The molecule has 2 aromatic heterocycles. The molecular weight excluding hydrogens is 192 g/mol. The molecule has 15 heavy (non-hydrogen) atoms. The molecule has 0 amide bonds. The van der Waals surface area contributed by atoms with Gasteiger partial charge in [0.2, 0.25) is 5.88 Å². The van der Waals surface area contributed by atoms with Crippen LogP contribution in [0.1, 0.15) is 5.69 Å². The normalized spacial score (nSPS) is 10.0. The van der Waals surface area contributed by atoms with Gasteiger partial charge in [-0.1, -0.05) is 0 Å². The summed E-state index contributed by atoms with van der Waals surface area (Å²) in [5.74, 6) is 1.09. The SMILES string of the molecule is COc1cc(-c2ncccn2)c(C)nn1. The summed E-state index contributed by atoms with van der Waals surface area (Å²) < 4.78 is 5.00. The lowest BCUT2D eigenvalue weighted by atomic mass is 10.2. The highest BCUT2D eigenvalue weighted by Gasteiger charge is 2.07. The van der Waals surface area contributed by atoms with Gasteiger partial charge in [-0.3, -0.25) is 0 Å². The van der Waals surface area contributed by atoms with Crippen LogP contribution >= 0.6 is 0 Å². The standard InChI is InChI=1S/C10H10N4O/c1-7-8(6-9(15-2)14-13-7)10-11-4-3-5-12-10/h3-6H,1-2H3. The van der Waals surface area contributed by atoms with Crippen LogP contribution in [0.2, 0.25) is 0 Å². The van der Waals surface area contributed by atoms with E-state index in [0.29, 0.717) is 11.7 Å². The van der Waals surface area contributed by atoms with Gasteiger partial charge in [0.15, 0.2) is 5.82 Å². The molecule has 2 heterocycles. The third-order valence-electron chi connectivity index (χ3n) is 1.97. The summed E-state index contributed by atoms with van der Waals surface area (Å²) in [5.41, 5.74) is 1.62. The van der Waals surface area contributed by atoms with Gasteiger partial charge in [0.25, 0.3) is 0 Å². The van der Waals surface area contributed by atoms with Crippen LogP contribution in [0.15, 0.2) is 24.5 Å². The average Bonchev–Trinajstić information content (AvgIpc) is 2.31. The first-order chi connectivity index (χ1) is 7.31. The van der Waals surface area contributed by atoms with E-state index < -0.39 is 0 Å². The summed E-state index contributed by atoms with van der Waals surface area (Å²) in [6, 6.07) is 3.54. The van der Waals surface area contributed by atoms with Gasteiger partial charge in [0, 0.05) is 24.0 Å². The molecule has 0 aliphatic carbocycles. The highest BCUT2D eigenvalue weighted by molar-refractivity contribution is 5.58. The maximum atomic E-state index is 5.00. The van der Waals surface area contributed by atoms with E-state index in [0.717, 1.165) is 11.3 Å². The van der Waals surface area contributed by atoms with E-state index in [4.69, 9.17) is 4.74 Å². The third-order valence-corrected chi connectivity index (χ3v) is 1.97. The van der Waals surface area contributed by atoms with Crippen LogP contribution in [-0.2, 0) is 0 Å². The Morgan fingerprint density at radius 1 is 1.13 bits per heavy atom. The first kappa shape index (κ1) is 9.51. The van der Waals surface area contributed by atoms with Crippen LogP contribution in [0.25, 0.3) is 11.4 Å². The van der Waals surface area contributed by atoms with Crippen molar-refractivity contribution in [3.63, 3.8) is 0 Å². The second-order valence-electron chi connectivity index (χ2n) is 2.96. The lowest BCUT2D eigenvalue weighted by molar-refractivity contribution is 0.391. The quantitative estimate of drug-likeness (QED) is 0.733. The second kappa shape index (κ2) is 4.00. The minimum Gasteiger partial charge on any atom is -0.480 e. The van der Waals surface area contributed by atoms with Gasteiger partial charge in [-0.2, -0.15) is 5.10 Å². The van der Waals surface area contributed by atoms with Crippen molar-refractivity contribution in [2.75, 3.05) is 7.11 Å². The van der Waals surface area contributed by atoms with Crippen molar-refractivity contribution in [1.29, 1.82) is 0 Å². The van der Waals surface area contributed by atoms with Gasteiger partial charge in [-0.25, -0.2) is 9.97 Å². The minimum atomic E-state index is 0.461. The van der Waals surface area contributed by atoms with Crippen molar-refractivity contribution >= 4 is 0 Å². The lowest BCUT2D eigenvalue weighted by Crippen LogP contribution is -1.97. The monoisotopic (exact) mass is 202 g/mol. The molecule has 0 saturated carbocycles. The molecule has 0 radical (unpaired) electrons. The molecule has 76 valence electrons. The Balaban J connectivity index is 2.52. The molecule has 0 aliphatic heterocycles. The number of rotatable bonds is 2. The first-order valence-corrected chi connectivity index (χ1v) is 4.47. The maximum absolute atomic E-state index is 5.00. The van der Waals surface area contributed by atoms with Gasteiger partial charge in [-0.05, 0) is 13.0 Å².